The molecule has 1 saturated heterocycles. The minimum atomic E-state index is -1.13. The van der Waals surface area contributed by atoms with Gasteiger partial charge in [-0.2, -0.15) is 14.4 Å². The van der Waals surface area contributed by atoms with Crippen LogP contribution in [0.3, 0.4) is 0 Å². The molecule has 4 atom stereocenters. The summed E-state index contributed by atoms with van der Waals surface area (Å²) in [4.78, 5) is 48.2. The normalized spacial score (nSPS) is 23.7. The molecule has 12 nitrogen and oxygen atoms in total. The monoisotopic (exact) mass is 411 g/mol. The van der Waals surface area contributed by atoms with E-state index in [1.54, 1.807) is 0 Å². The van der Waals surface area contributed by atoms with Gasteiger partial charge in [-0.05, 0) is 0 Å². The summed E-state index contributed by atoms with van der Waals surface area (Å²) in [6.45, 7) is 3.27. The summed E-state index contributed by atoms with van der Waals surface area (Å²) in [7, 11) is 0. The largest absolute Gasteiger partial charge is 0.463 e. The number of carbonyl (C=O) groups is 3. The fourth-order valence-corrected chi connectivity index (χ4v) is 2.98. The summed E-state index contributed by atoms with van der Waals surface area (Å²) in [5, 5.41) is 0. The Labute approximate surface area is 162 Å². The zero-order chi connectivity index (χ0) is 21.3. The highest BCUT2D eigenvalue weighted by molar-refractivity contribution is 5.81. The van der Waals surface area contributed by atoms with E-state index in [1.165, 1.54) is 20.8 Å². The number of esters is 3. The Balaban J connectivity index is 2.00. The molecule has 0 saturated carbocycles. The van der Waals surface area contributed by atoms with Gasteiger partial charge in [0.05, 0.1) is 0 Å². The standard InChI is InChI=1S/C16H18FN5O7/c1-5(23)26-4-8-10(27-6(2)24)11(28-7(3)25)12(29-8)15-19-9-13(18)20-16(17)22-14(9)21-15/h8,10-12H,4H2,1-3H3,(H3,18,19,20,21,22)/t8-,10-,11+,12?/m1/s1. The molecule has 156 valence electrons. The fourth-order valence-electron chi connectivity index (χ4n) is 2.98. The fraction of sp³-hybridized carbons (Fsp3) is 0.500. The number of nitrogens with one attached hydrogen (secondary N) is 1. The van der Waals surface area contributed by atoms with Gasteiger partial charge >= 0.3 is 24.0 Å². The van der Waals surface area contributed by atoms with Crippen LogP contribution in [0.5, 0.6) is 0 Å². The molecule has 13 heteroatoms. The van der Waals surface area contributed by atoms with E-state index in [0.29, 0.717) is 0 Å². The lowest BCUT2D eigenvalue weighted by atomic mass is 10.1. The third-order valence-corrected chi connectivity index (χ3v) is 4.00. The van der Waals surface area contributed by atoms with E-state index < -0.39 is 48.4 Å². The third-order valence-electron chi connectivity index (χ3n) is 4.00. The minimum Gasteiger partial charge on any atom is -0.463 e. The van der Waals surface area contributed by atoms with Gasteiger partial charge in [-0.3, -0.25) is 14.4 Å². The first-order chi connectivity index (χ1) is 13.7. The van der Waals surface area contributed by atoms with Crippen LogP contribution in [0.25, 0.3) is 11.2 Å². The van der Waals surface area contributed by atoms with Crippen molar-refractivity contribution < 1.29 is 37.7 Å². The molecule has 1 fully saturated rings. The van der Waals surface area contributed by atoms with Crippen molar-refractivity contribution in [3.05, 3.63) is 11.9 Å². The number of aromatic nitrogens is 4. The highest BCUT2D eigenvalue weighted by atomic mass is 19.1. The van der Waals surface area contributed by atoms with Gasteiger partial charge in [-0.25, -0.2) is 4.98 Å². The number of hydrogen-bond donors (Lipinski definition) is 2. The Morgan fingerprint density at radius 2 is 1.72 bits per heavy atom. The lowest BCUT2D eigenvalue weighted by molar-refractivity contribution is -0.165. The molecule has 1 unspecified atom stereocenters. The summed E-state index contributed by atoms with van der Waals surface area (Å²) in [5.74, 6) is -2.01. The summed E-state index contributed by atoms with van der Waals surface area (Å²) >= 11 is 0. The molecule has 1 aliphatic rings. The average Bonchev–Trinajstić information content (AvgIpc) is 3.15. The van der Waals surface area contributed by atoms with E-state index in [2.05, 4.69) is 19.9 Å². The maximum atomic E-state index is 13.4. The number of ether oxygens (including phenoxy) is 4. The van der Waals surface area contributed by atoms with Crippen LogP contribution in [0.4, 0.5) is 10.2 Å². The van der Waals surface area contributed by atoms with Gasteiger partial charge in [0.2, 0.25) is 0 Å². The molecule has 3 heterocycles. The first-order valence-corrected chi connectivity index (χ1v) is 8.47. The molecule has 0 spiro atoms. The summed E-state index contributed by atoms with van der Waals surface area (Å²) in [6.07, 6.45) is -5.31. The Morgan fingerprint density at radius 3 is 2.34 bits per heavy atom. The quantitative estimate of drug-likeness (QED) is 0.384. The van der Waals surface area contributed by atoms with Gasteiger partial charge in [-0.15, -0.1) is 0 Å². The maximum Gasteiger partial charge on any atom is 0.312 e. The van der Waals surface area contributed by atoms with Crippen LogP contribution >= 0.6 is 0 Å². The zero-order valence-electron chi connectivity index (χ0n) is 15.7. The van der Waals surface area contributed by atoms with Crippen molar-refractivity contribution in [3.8, 4) is 0 Å². The first-order valence-electron chi connectivity index (χ1n) is 8.47. The van der Waals surface area contributed by atoms with Gasteiger partial charge in [0.1, 0.15) is 24.1 Å². The van der Waals surface area contributed by atoms with Gasteiger partial charge in [0.15, 0.2) is 29.8 Å². The number of rotatable bonds is 5. The highest BCUT2D eigenvalue weighted by Crippen LogP contribution is 2.37. The van der Waals surface area contributed by atoms with Crippen molar-refractivity contribution in [2.75, 3.05) is 12.3 Å². The summed E-state index contributed by atoms with van der Waals surface area (Å²) < 4.78 is 34.7. The van der Waals surface area contributed by atoms with E-state index in [1.807, 2.05) is 0 Å². The Kier molecular flexibility index (Phi) is 5.59. The van der Waals surface area contributed by atoms with Crippen molar-refractivity contribution >= 4 is 34.9 Å². The summed E-state index contributed by atoms with van der Waals surface area (Å²) in [6, 6.07) is 0. The molecule has 0 aromatic carbocycles. The molecule has 0 radical (unpaired) electrons. The van der Waals surface area contributed by atoms with Crippen LogP contribution in [0.2, 0.25) is 0 Å². The van der Waals surface area contributed by atoms with Crippen LogP contribution in [0, 0.1) is 6.08 Å². The van der Waals surface area contributed by atoms with Crippen LogP contribution in [-0.2, 0) is 33.3 Å². The van der Waals surface area contributed by atoms with Crippen molar-refractivity contribution in [3.63, 3.8) is 0 Å². The SMILES string of the molecule is CC(=O)OC[C@H]1OC(c2nc3nc(F)nc(N)c3[nH]2)[C@@H](OC(C)=O)[C@@H]1OC(C)=O. The smallest absolute Gasteiger partial charge is 0.312 e. The second kappa shape index (κ2) is 7.95. The molecule has 3 N–H and O–H groups in total. The maximum absolute atomic E-state index is 13.4. The van der Waals surface area contributed by atoms with Crippen molar-refractivity contribution in [2.24, 2.45) is 0 Å². The molecular weight excluding hydrogens is 393 g/mol. The lowest BCUT2D eigenvalue weighted by Gasteiger charge is -2.22. The number of imidazole rings is 1. The highest BCUT2D eigenvalue weighted by Gasteiger charge is 2.51. The second-order valence-electron chi connectivity index (χ2n) is 6.24. The summed E-state index contributed by atoms with van der Waals surface area (Å²) in [5.41, 5.74) is 5.76. The van der Waals surface area contributed by atoms with E-state index in [-0.39, 0.29) is 29.4 Å². The number of halogens is 1. The molecule has 0 aliphatic carbocycles. The zero-order valence-corrected chi connectivity index (χ0v) is 15.7. The number of carbonyl (C=O) groups excluding carboxylic acids is 3. The molecule has 1 aliphatic heterocycles. The Hall–Kier alpha value is -3.35. The van der Waals surface area contributed by atoms with Crippen molar-refractivity contribution in [2.45, 2.75) is 45.2 Å². The predicted molar refractivity (Wildman–Crippen MR) is 91.4 cm³/mol. The first kappa shape index (κ1) is 20.4. The lowest BCUT2D eigenvalue weighted by Crippen LogP contribution is -2.40. The Morgan fingerprint density at radius 1 is 1.07 bits per heavy atom. The van der Waals surface area contributed by atoms with Crippen molar-refractivity contribution in [1.82, 2.24) is 19.9 Å². The number of nitrogen functional groups attached to an aromatic ring is 1. The molecule has 2 aromatic rings. The molecule has 0 bridgehead atoms. The van der Waals surface area contributed by atoms with E-state index in [4.69, 9.17) is 24.7 Å². The van der Waals surface area contributed by atoms with E-state index in [0.717, 1.165) is 0 Å². The number of fused-ring (bicyclic) bond motifs is 1. The predicted octanol–water partition coefficient (Wildman–Crippen LogP) is -0.0594. The van der Waals surface area contributed by atoms with Crippen LogP contribution in [0.15, 0.2) is 0 Å². The van der Waals surface area contributed by atoms with E-state index >= 15 is 0 Å². The van der Waals surface area contributed by atoms with Gasteiger partial charge in [0.25, 0.3) is 0 Å². The number of aromatic amines is 1. The molecule has 0 amide bonds. The number of H-pyrrole nitrogens is 1. The number of nitrogens with zero attached hydrogens (tertiary/aromatic N) is 3. The molecular formula is C16H18FN5O7. The van der Waals surface area contributed by atoms with Crippen LogP contribution in [0.1, 0.15) is 32.7 Å². The molecule has 29 heavy (non-hydrogen) atoms. The molecule has 2 aromatic heterocycles. The van der Waals surface area contributed by atoms with E-state index in [9.17, 15) is 18.8 Å². The second-order valence-corrected chi connectivity index (χ2v) is 6.24. The van der Waals surface area contributed by atoms with Gasteiger partial charge in [-0.1, -0.05) is 0 Å². The van der Waals surface area contributed by atoms with Crippen LogP contribution in [-0.4, -0.2) is 62.8 Å². The van der Waals surface area contributed by atoms with Gasteiger partial charge < -0.3 is 29.7 Å². The number of hydrogen-bond acceptors (Lipinski definition) is 11. The van der Waals surface area contributed by atoms with Crippen molar-refractivity contribution in [1.29, 1.82) is 0 Å². The number of anilines is 1. The topological polar surface area (TPSA) is 169 Å². The number of nitrogens with two attached hydrogens (primary N) is 1. The average molecular weight is 411 g/mol. The van der Waals surface area contributed by atoms with Gasteiger partial charge in [0, 0.05) is 20.8 Å². The minimum absolute atomic E-state index is 0.0670. The molecule has 3 rings (SSSR count). The third kappa shape index (κ3) is 4.39. The Bertz CT molecular complexity index is 965. The van der Waals surface area contributed by atoms with Crippen LogP contribution < -0.4 is 5.73 Å².